The number of anilines is 3. The van der Waals surface area contributed by atoms with Crippen molar-refractivity contribution in [2.75, 3.05) is 4.90 Å². The summed E-state index contributed by atoms with van der Waals surface area (Å²) in [5, 5.41) is 3.84. The predicted molar refractivity (Wildman–Crippen MR) is 359 cm³/mol. The van der Waals surface area contributed by atoms with Crippen LogP contribution in [0, 0.1) is 0 Å². The van der Waals surface area contributed by atoms with Gasteiger partial charge in [-0.2, -0.15) is 0 Å². The Bertz CT molecular complexity index is 4180. The summed E-state index contributed by atoms with van der Waals surface area (Å²) in [6, 6.07) is 60.8. The molecule has 0 atom stereocenters. The van der Waals surface area contributed by atoms with Gasteiger partial charge in [-0.3, -0.25) is 0 Å². The smallest absolute Gasteiger partial charge is 0.333 e. The van der Waals surface area contributed by atoms with Crippen LogP contribution in [0.3, 0.4) is 0 Å². The van der Waals surface area contributed by atoms with E-state index in [-0.39, 0.29) is 44.8 Å². The second-order valence-corrected chi connectivity index (χ2v) is 31.6. The van der Waals surface area contributed by atoms with Gasteiger partial charge in [0.25, 0.3) is 0 Å². The third-order valence-corrected chi connectivity index (χ3v) is 18.4. The molecular formula is C78H88BN3. The number of hydrogen-bond donors (Lipinski definition) is 0. The first-order valence-electron chi connectivity index (χ1n) is 30.4. The second-order valence-electron chi connectivity index (χ2n) is 31.6. The van der Waals surface area contributed by atoms with Crippen molar-refractivity contribution in [2.45, 2.75) is 183 Å². The van der Waals surface area contributed by atoms with Gasteiger partial charge in [0.05, 0.1) is 11.0 Å². The van der Waals surface area contributed by atoms with E-state index >= 15 is 0 Å². The molecule has 0 saturated carbocycles. The fourth-order valence-corrected chi connectivity index (χ4v) is 13.5. The quantitative estimate of drug-likeness (QED) is 0.160. The van der Waals surface area contributed by atoms with E-state index in [1.807, 2.05) is 0 Å². The zero-order valence-electron chi connectivity index (χ0n) is 53.4. The van der Waals surface area contributed by atoms with Gasteiger partial charge >= 0.3 is 6.85 Å². The van der Waals surface area contributed by atoms with Gasteiger partial charge in [-0.05, 0) is 153 Å². The summed E-state index contributed by atoms with van der Waals surface area (Å²) < 4.78 is 5.49. The molecule has 0 aliphatic carbocycles. The summed E-state index contributed by atoms with van der Waals surface area (Å²) >= 11 is 0. The summed E-state index contributed by atoms with van der Waals surface area (Å²) in [7, 11) is 0. The Morgan fingerprint density at radius 1 is 0.354 bits per heavy atom. The van der Waals surface area contributed by atoms with Crippen molar-refractivity contribution in [1.82, 2.24) is 9.05 Å². The number of rotatable bonds is 4. The van der Waals surface area contributed by atoms with Gasteiger partial charge in [0.2, 0.25) is 0 Å². The fraction of sp³-hybridized carbons (Fsp3) is 0.359. The maximum Gasteiger partial charge on any atom is 0.333 e. The largest absolute Gasteiger partial charge is 0.375 e. The molecule has 4 heteroatoms. The average molecular weight is 1080 g/mol. The lowest BCUT2D eigenvalue weighted by Crippen LogP contribution is -2.57. The first-order chi connectivity index (χ1) is 38.1. The lowest BCUT2D eigenvalue weighted by molar-refractivity contribution is 0.589. The molecule has 2 aromatic heterocycles. The molecular weight excluding hydrogens is 990 g/mol. The highest BCUT2D eigenvalue weighted by Gasteiger charge is 2.47. The van der Waals surface area contributed by atoms with Crippen molar-refractivity contribution in [3.63, 3.8) is 0 Å². The van der Waals surface area contributed by atoms with Gasteiger partial charge in [-0.15, -0.1) is 0 Å². The topological polar surface area (TPSA) is 13.1 Å². The van der Waals surface area contributed by atoms with Crippen LogP contribution in [0.25, 0.3) is 71.9 Å². The molecule has 0 saturated heterocycles. The highest BCUT2D eigenvalue weighted by Crippen LogP contribution is 2.55. The zero-order valence-corrected chi connectivity index (χ0v) is 53.4. The Kier molecular flexibility index (Phi) is 12.3. The molecule has 82 heavy (non-hydrogen) atoms. The number of benzene rings is 8. The van der Waals surface area contributed by atoms with Crippen LogP contribution in [0.1, 0.15) is 184 Å². The molecule has 418 valence electrons. The Labute approximate surface area is 491 Å². The molecule has 0 spiro atoms. The van der Waals surface area contributed by atoms with E-state index in [0.717, 1.165) is 0 Å². The number of fused-ring (bicyclic) bond motifs is 8. The van der Waals surface area contributed by atoms with Gasteiger partial charge < -0.3 is 13.9 Å². The van der Waals surface area contributed by atoms with Crippen molar-refractivity contribution >= 4 is 67.5 Å². The molecule has 2 aliphatic heterocycles. The van der Waals surface area contributed by atoms with E-state index in [2.05, 4.69) is 311 Å². The van der Waals surface area contributed by atoms with Crippen molar-refractivity contribution in [2.24, 2.45) is 0 Å². The van der Waals surface area contributed by atoms with E-state index in [1.54, 1.807) is 0 Å². The minimum atomic E-state index is -0.192. The number of hydrogen-bond acceptors (Lipinski definition) is 1. The van der Waals surface area contributed by atoms with Crippen molar-refractivity contribution < 1.29 is 0 Å². The number of aromatic nitrogens is 2. The summed E-state index contributed by atoms with van der Waals surface area (Å²) in [6.07, 6.45) is 0. The van der Waals surface area contributed by atoms with Crippen molar-refractivity contribution in [3.8, 4) is 39.2 Å². The second kappa shape index (κ2) is 18.2. The lowest BCUT2D eigenvalue weighted by Gasteiger charge is -2.44. The standard InChI is InChI=1S/C78H88BN3/c1-72(2,3)49-26-22-47(23-27-49)65-66-69-60(58-44-53(76(13,14)15)34-42-63(58)80(69)55-36-30-51(31-37-55)74(7,8)9)46-59-57-40-41-61(78(19,20)21)71-67(57)79(82(70(59)66)68(65)48-24-28-50(29-25-48)73(4,5)6)62-45-54(77(16,17)18)35-43-64(62)81(71)56-38-32-52(33-39-56)75(10,11)12/h22-46H,1-21H3. The van der Waals surface area contributed by atoms with Crippen LogP contribution >= 0.6 is 0 Å². The van der Waals surface area contributed by atoms with Gasteiger partial charge in [-0.25, -0.2) is 0 Å². The van der Waals surface area contributed by atoms with Crippen LogP contribution in [-0.2, 0) is 37.9 Å². The predicted octanol–water partition coefficient (Wildman–Crippen LogP) is 20.6. The highest BCUT2D eigenvalue weighted by molar-refractivity contribution is 6.90. The van der Waals surface area contributed by atoms with Gasteiger partial charge in [-0.1, -0.05) is 249 Å². The molecule has 0 fully saturated rings. The molecule has 3 nitrogen and oxygen atoms in total. The first-order valence-corrected chi connectivity index (χ1v) is 30.4. The molecule has 0 bridgehead atoms. The Morgan fingerprint density at radius 2 is 0.805 bits per heavy atom. The van der Waals surface area contributed by atoms with Crippen LogP contribution in [0.2, 0.25) is 0 Å². The van der Waals surface area contributed by atoms with Gasteiger partial charge in [0.15, 0.2) is 0 Å². The van der Waals surface area contributed by atoms with E-state index in [4.69, 9.17) is 0 Å². The van der Waals surface area contributed by atoms with Crippen LogP contribution < -0.4 is 15.8 Å². The van der Waals surface area contributed by atoms with Crippen LogP contribution in [0.15, 0.2) is 152 Å². The molecule has 2 aliphatic rings. The van der Waals surface area contributed by atoms with Crippen LogP contribution in [0.4, 0.5) is 17.1 Å². The van der Waals surface area contributed by atoms with Gasteiger partial charge in [0.1, 0.15) is 0 Å². The molecule has 8 aromatic carbocycles. The van der Waals surface area contributed by atoms with Crippen LogP contribution in [0.5, 0.6) is 0 Å². The van der Waals surface area contributed by atoms with Crippen molar-refractivity contribution in [1.29, 1.82) is 0 Å². The minimum Gasteiger partial charge on any atom is -0.375 e. The summed E-state index contributed by atoms with van der Waals surface area (Å²) in [5.74, 6) is 0. The fourth-order valence-electron chi connectivity index (χ4n) is 13.5. The Morgan fingerprint density at radius 3 is 1.30 bits per heavy atom. The summed E-state index contributed by atoms with van der Waals surface area (Å²) in [5.41, 5.74) is 27.8. The third-order valence-electron chi connectivity index (χ3n) is 18.4. The monoisotopic (exact) mass is 1080 g/mol. The molecule has 4 heterocycles. The van der Waals surface area contributed by atoms with Gasteiger partial charge in [0, 0.05) is 61.2 Å². The molecule has 0 radical (unpaired) electrons. The molecule has 10 aromatic rings. The number of nitrogens with zero attached hydrogens (tertiary/aromatic N) is 3. The Balaban J connectivity index is 1.35. The van der Waals surface area contributed by atoms with E-state index in [9.17, 15) is 0 Å². The average Bonchev–Trinajstić information content (AvgIpc) is 1.84. The SMILES string of the molecule is CC(C)(C)c1ccc(-c2c(-c3ccc(C(C)(C)C)cc3)n3c4c(cc5c6cc(C(C)(C)C)ccc6n(-c6ccc(C(C)(C)C)cc6)c5c24)-c2ccc(C(C)(C)C)c4c2B3c2cc(C(C)(C)C)ccc2N4c2ccc(C(C)(C)C)cc2)cc1. The molecule has 12 rings (SSSR count). The minimum absolute atomic E-state index is 0.00881. The molecule has 0 N–H and O–H groups in total. The van der Waals surface area contributed by atoms with Crippen LogP contribution in [-0.4, -0.2) is 15.9 Å². The molecule has 0 unspecified atom stereocenters. The molecule has 0 amide bonds. The maximum atomic E-state index is 2.86. The van der Waals surface area contributed by atoms with E-state index in [1.165, 1.54) is 139 Å². The van der Waals surface area contributed by atoms with E-state index < -0.39 is 0 Å². The normalized spacial score (nSPS) is 14.1. The zero-order chi connectivity index (χ0) is 58.9. The van der Waals surface area contributed by atoms with Crippen molar-refractivity contribution in [3.05, 3.63) is 191 Å². The lowest BCUT2D eigenvalue weighted by atomic mass is 9.44. The third kappa shape index (κ3) is 8.91. The maximum absolute atomic E-state index is 2.86. The van der Waals surface area contributed by atoms with E-state index in [0.29, 0.717) is 0 Å². The highest BCUT2D eigenvalue weighted by atomic mass is 15.2. The summed E-state index contributed by atoms with van der Waals surface area (Å²) in [6.45, 7) is 49.1. The summed E-state index contributed by atoms with van der Waals surface area (Å²) in [4.78, 5) is 2.65. The first kappa shape index (κ1) is 55.5. The Hall–Kier alpha value is -7.04.